The predicted octanol–water partition coefficient (Wildman–Crippen LogP) is 1.30. The fourth-order valence-corrected chi connectivity index (χ4v) is 5.41. The Labute approximate surface area is 227 Å². The molecule has 4 unspecified atom stereocenters. The molecule has 1 aliphatic heterocycles. The fraction of sp³-hybridized carbons (Fsp3) is 0.448. The second-order valence-electron chi connectivity index (χ2n) is 9.52. The van der Waals surface area contributed by atoms with Gasteiger partial charge in [-0.25, -0.2) is 0 Å². The van der Waals surface area contributed by atoms with E-state index in [4.69, 9.17) is 14.2 Å². The average Bonchev–Trinajstić information content (AvgIpc) is 3.36. The number of para-hydroxylation sites is 1. The van der Waals surface area contributed by atoms with Gasteiger partial charge in [0.15, 0.2) is 11.5 Å². The number of nitrogens with zero attached hydrogens (tertiary/aromatic N) is 1. The number of nitrogens with one attached hydrogen (secondary N) is 1. The first-order valence-corrected chi connectivity index (χ1v) is 13.1. The smallest absolute Gasteiger partial charge is 0.247 e. The molecule has 0 bridgehead atoms. The summed E-state index contributed by atoms with van der Waals surface area (Å²) in [4.78, 5) is 28.2. The topological polar surface area (TPSA) is 138 Å². The lowest BCUT2D eigenvalue weighted by Gasteiger charge is -2.40. The molecule has 2 aromatic rings. The number of carbonyl (C=O) groups excluding carboxylic acids is 2. The number of aliphatic hydroxyl groups is 3. The Morgan fingerprint density at radius 2 is 1.85 bits per heavy atom. The van der Waals surface area contributed by atoms with E-state index in [1.54, 1.807) is 37.1 Å². The van der Waals surface area contributed by atoms with Crippen LogP contribution in [0.1, 0.15) is 36.0 Å². The van der Waals surface area contributed by atoms with E-state index in [9.17, 15) is 24.9 Å². The first-order valence-electron chi connectivity index (χ1n) is 13.1. The van der Waals surface area contributed by atoms with Gasteiger partial charge in [0, 0.05) is 30.6 Å². The van der Waals surface area contributed by atoms with Crippen molar-refractivity contribution >= 4 is 11.8 Å². The molecule has 2 amide bonds. The van der Waals surface area contributed by atoms with Gasteiger partial charge in [0.1, 0.15) is 18.0 Å². The molecule has 1 heterocycles. The van der Waals surface area contributed by atoms with Gasteiger partial charge in [-0.2, -0.15) is 0 Å². The van der Waals surface area contributed by atoms with Crippen molar-refractivity contribution in [1.82, 2.24) is 10.2 Å². The molecule has 4 rings (SSSR count). The maximum atomic E-state index is 13.4. The highest BCUT2D eigenvalue weighted by Gasteiger charge is 2.51. The highest BCUT2D eigenvalue weighted by atomic mass is 16.5. The molecule has 10 heteroatoms. The Balaban J connectivity index is 1.76. The molecule has 4 atom stereocenters. The molecule has 2 aliphatic rings. The van der Waals surface area contributed by atoms with Crippen LogP contribution in [0.4, 0.5) is 0 Å². The van der Waals surface area contributed by atoms with E-state index in [2.05, 4.69) is 5.32 Å². The van der Waals surface area contributed by atoms with Crippen molar-refractivity contribution in [3.05, 3.63) is 64.7 Å². The SMILES string of the molecule is CCC(=O)N(CCc1ccccc1OC)C1C=C(C(=O)NCCO)C2c3cc(CO)cc(OC)c3OC2C1O. The molecule has 4 N–H and O–H groups in total. The van der Waals surface area contributed by atoms with Crippen molar-refractivity contribution in [2.45, 2.75) is 50.5 Å². The maximum Gasteiger partial charge on any atom is 0.247 e. The lowest BCUT2D eigenvalue weighted by molar-refractivity contribution is -0.136. The molecule has 0 aromatic heterocycles. The standard InChI is InChI=1S/C29H36N2O8/c1-4-24(34)31(11-9-18-7-5-6-8-22(18)37-2)21-15-20(29(36)30-10-12-32)25-19-13-17(16-33)14-23(38-3)27(19)39-28(25)26(21)35/h5-8,13-15,21,25-26,28,32-33,35H,4,9-12,16H2,1-3H3,(H,30,36). The normalized spacial score (nSPS) is 21.2. The number of rotatable bonds is 11. The number of benzene rings is 2. The number of amides is 2. The predicted molar refractivity (Wildman–Crippen MR) is 143 cm³/mol. The third-order valence-corrected chi connectivity index (χ3v) is 7.29. The molecule has 0 spiro atoms. The summed E-state index contributed by atoms with van der Waals surface area (Å²) in [6, 6.07) is 10.1. The third-order valence-electron chi connectivity index (χ3n) is 7.29. The van der Waals surface area contributed by atoms with Gasteiger partial charge in [-0.05, 0) is 41.8 Å². The fourth-order valence-electron chi connectivity index (χ4n) is 5.41. The van der Waals surface area contributed by atoms with Crippen molar-refractivity contribution in [2.75, 3.05) is 33.9 Å². The highest BCUT2D eigenvalue weighted by Crippen LogP contribution is 2.51. The quantitative estimate of drug-likeness (QED) is 0.335. The number of carbonyl (C=O) groups is 2. The van der Waals surface area contributed by atoms with Crippen molar-refractivity contribution in [3.8, 4) is 17.2 Å². The zero-order chi connectivity index (χ0) is 28.1. The monoisotopic (exact) mass is 540 g/mol. The second-order valence-corrected chi connectivity index (χ2v) is 9.52. The number of methoxy groups -OCH3 is 2. The van der Waals surface area contributed by atoms with E-state index < -0.39 is 30.1 Å². The molecule has 1 aliphatic carbocycles. The molecule has 2 aromatic carbocycles. The number of fused-ring (bicyclic) bond motifs is 3. The lowest BCUT2D eigenvalue weighted by Crippen LogP contribution is -2.56. The zero-order valence-corrected chi connectivity index (χ0v) is 22.4. The van der Waals surface area contributed by atoms with E-state index in [1.165, 1.54) is 7.11 Å². The number of aliphatic hydroxyl groups excluding tert-OH is 3. The van der Waals surface area contributed by atoms with Crippen molar-refractivity contribution in [1.29, 1.82) is 0 Å². The highest BCUT2D eigenvalue weighted by molar-refractivity contribution is 5.96. The van der Waals surface area contributed by atoms with E-state index in [-0.39, 0.29) is 38.6 Å². The summed E-state index contributed by atoms with van der Waals surface area (Å²) in [5.74, 6) is 0.170. The molecule has 0 radical (unpaired) electrons. The number of hydrogen-bond donors (Lipinski definition) is 4. The average molecular weight is 541 g/mol. The van der Waals surface area contributed by atoms with E-state index in [0.29, 0.717) is 40.4 Å². The van der Waals surface area contributed by atoms with Gasteiger partial charge >= 0.3 is 0 Å². The van der Waals surface area contributed by atoms with Crippen LogP contribution in [0.25, 0.3) is 0 Å². The Hall–Kier alpha value is -3.60. The van der Waals surface area contributed by atoms with Gasteiger partial charge in [-0.15, -0.1) is 0 Å². The maximum absolute atomic E-state index is 13.4. The Morgan fingerprint density at radius 3 is 2.51 bits per heavy atom. The van der Waals surface area contributed by atoms with Crippen molar-refractivity contribution in [2.24, 2.45) is 0 Å². The molecule has 0 fully saturated rings. The van der Waals surface area contributed by atoms with Crippen molar-refractivity contribution in [3.63, 3.8) is 0 Å². The lowest BCUT2D eigenvalue weighted by atomic mass is 9.77. The van der Waals surface area contributed by atoms with Crippen LogP contribution in [0.15, 0.2) is 48.0 Å². The van der Waals surface area contributed by atoms with Crippen molar-refractivity contribution < 1.29 is 39.1 Å². The van der Waals surface area contributed by atoms with Crippen LogP contribution < -0.4 is 19.5 Å². The Bertz CT molecular complexity index is 1230. The van der Waals surface area contributed by atoms with Crippen LogP contribution in [-0.2, 0) is 22.6 Å². The van der Waals surface area contributed by atoms with Crippen LogP contribution in [0.5, 0.6) is 17.2 Å². The summed E-state index contributed by atoms with van der Waals surface area (Å²) in [6.07, 6.45) is 0.267. The van der Waals surface area contributed by atoms with Gasteiger partial charge in [-0.1, -0.05) is 25.1 Å². The van der Waals surface area contributed by atoms with Gasteiger partial charge in [0.25, 0.3) is 0 Å². The zero-order valence-electron chi connectivity index (χ0n) is 22.4. The van der Waals surface area contributed by atoms with E-state index >= 15 is 0 Å². The summed E-state index contributed by atoms with van der Waals surface area (Å²) in [6.45, 7) is 1.58. The third kappa shape index (κ3) is 5.59. The van der Waals surface area contributed by atoms with Gasteiger partial charge in [0.05, 0.1) is 39.4 Å². The summed E-state index contributed by atoms with van der Waals surface area (Å²) in [7, 11) is 3.07. The van der Waals surface area contributed by atoms with E-state index in [1.807, 2.05) is 24.3 Å². The van der Waals surface area contributed by atoms with Gasteiger partial charge < -0.3 is 39.7 Å². The molecule has 10 nitrogen and oxygen atoms in total. The molecule has 0 saturated heterocycles. The van der Waals surface area contributed by atoms with E-state index in [0.717, 1.165) is 5.56 Å². The van der Waals surface area contributed by atoms with Crippen LogP contribution in [0.2, 0.25) is 0 Å². The summed E-state index contributed by atoms with van der Waals surface area (Å²) in [5, 5.41) is 33.4. The molecule has 0 saturated carbocycles. The molecule has 39 heavy (non-hydrogen) atoms. The first-order chi connectivity index (χ1) is 18.9. The minimum absolute atomic E-state index is 0.0416. The minimum Gasteiger partial charge on any atom is -0.496 e. The summed E-state index contributed by atoms with van der Waals surface area (Å²) >= 11 is 0. The largest absolute Gasteiger partial charge is 0.496 e. The van der Waals surface area contributed by atoms with Crippen LogP contribution in [0.3, 0.4) is 0 Å². The Kier molecular flexibility index (Phi) is 9.11. The first kappa shape index (κ1) is 28.4. The van der Waals surface area contributed by atoms with Crippen LogP contribution >= 0.6 is 0 Å². The Morgan fingerprint density at radius 1 is 1.10 bits per heavy atom. The summed E-state index contributed by atoms with van der Waals surface area (Å²) < 4.78 is 17.2. The molecule has 210 valence electrons. The molecular formula is C29H36N2O8. The van der Waals surface area contributed by atoms with Gasteiger partial charge in [0.2, 0.25) is 11.8 Å². The summed E-state index contributed by atoms with van der Waals surface area (Å²) in [5.41, 5.74) is 2.40. The van der Waals surface area contributed by atoms with Crippen LogP contribution in [-0.4, -0.2) is 84.2 Å². The molecular weight excluding hydrogens is 504 g/mol. The second kappa shape index (κ2) is 12.5. The van der Waals surface area contributed by atoms with Gasteiger partial charge in [-0.3, -0.25) is 9.59 Å². The number of hydrogen-bond acceptors (Lipinski definition) is 8. The minimum atomic E-state index is -1.16. The van der Waals surface area contributed by atoms with Crippen LogP contribution in [0, 0.1) is 0 Å². The number of ether oxygens (including phenoxy) is 3.